The number of nitrogens with zero attached hydrogens (tertiary/aromatic N) is 1. The maximum absolute atomic E-state index is 11.9. The van der Waals surface area contributed by atoms with E-state index in [-0.39, 0.29) is 12.5 Å². The highest BCUT2D eigenvalue weighted by Gasteiger charge is 2.18. The Morgan fingerprint density at radius 2 is 2.19 bits per heavy atom. The second-order valence-electron chi connectivity index (χ2n) is 3.74. The number of carbonyl (C=O) groups is 1. The summed E-state index contributed by atoms with van der Waals surface area (Å²) >= 11 is 0. The maximum Gasteiger partial charge on any atom is 0.239 e. The Morgan fingerprint density at radius 1 is 1.50 bits per heavy atom. The van der Waals surface area contributed by atoms with Gasteiger partial charge in [-0.1, -0.05) is 0 Å². The fraction of sp³-hybridized carbons (Fsp3) is 0.909. The molecule has 0 rings (SSSR count). The molecular formula is C11H24N2O3. The maximum atomic E-state index is 11.9. The molecule has 0 saturated carbocycles. The number of rotatable bonds is 9. The van der Waals surface area contributed by atoms with E-state index >= 15 is 0 Å². The summed E-state index contributed by atoms with van der Waals surface area (Å²) in [6, 6.07) is -0.450. The molecule has 0 aromatic heterocycles. The molecule has 1 atom stereocenters. The Hall–Kier alpha value is -0.650. The lowest BCUT2D eigenvalue weighted by atomic mass is 10.1. The number of nitrogens with two attached hydrogens (primary N) is 1. The monoisotopic (exact) mass is 232 g/mol. The van der Waals surface area contributed by atoms with Gasteiger partial charge in [0.15, 0.2) is 0 Å². The van der Waals surface area contributed by atoms with Crippen LogP contribution in [-0.2, 0) is 9.53 Å². The molecule has 0 aliphatic rings. The number of amides is 1. The van der Waals surface area contributed by atoms with Crippen LogP contribution in [0.25, 0.3) is 0 Å². The van der Waals surface area contributed by atoms with Crippen molar-refractivity contribution in [2.75, 3.05) is 33.4 Å². The highest BCUT2D eigenvalue weighted by Crippen LogP contribution is 2.01. The smallest absolute Gasteiger partial charge is 0.239 e. The average Bonchev–Trinajstić information content (AvgIpc) is 2.30. The molecule has 0 heterocycles. The summed E-state index contributed by atoms with van der Waals surface area (Å²) in [5.41, 5.74) is 5.80. The van der Waals surface area contributed by atoms with Crippen molar-refractivity contribution in [1.29, 1.82) is 0 Å². The van der Waals surface area contributed by atoms with Gasteiger partial charge in [0.1, 0.15) is 0 Å². The van der Waals surface area contributed by atoms with Crippen LogP contribution in [0, 0.1) is 0 Å². The van der Waals surface area contributed by atoms with Crippen LogP contribution in [0.5, 0.6) is 0 Å². The highest BCUT2D eigenvalue weighted by atomic mass is 16.5. The summed E-state index contributed by atoms with van der Waals surface area (Å²) in [7, 11) is 1.63. The molecule has 5 nitrogen and oxygen atoms in total. The number of methoxy groups -OCH3 is 1. The third-order valence-corrected chi connectivity index (χ3v) is 2.46. The third kappa shape index (κ3) is 6.05. The lowest BCUT2D eigenvalue weighted by Gasteiger charge is -2.24. The number of hydrogen-bond acceptors (Lipinski definition) is 4. The molecule has 3 N–H and O–H groups in total. The first kappa shape index (κ1) is 15.3. The van der Waals surface area contributed by atoms with E-state index in [9.17, 15) is 4.79 Å². The van der Waals surface area contributed by atoms with E-state index in [1.54, 1.807) is 12.0 Å². The topological polar surface area (TPSA) is 75.8 Å². The van der Waals surface area contributed by atoms with Gasteiger partial charge in [0.2, 0.25) is 5.91 Å². The Kier molecular flexibility index (Phi) is 9.18. The first-order chi connectivity index (χ1) is 7.67. The standard InChI is InChI=1S/C11H24N2O3/c1-3-13(7-5-8-14)11(15)10(12)6-4-9-16-2/h10,14H,3-9,12H2,1-2H3. The number of aliphatic hydroxyl groups is 1. The van der Waals surface area contributed by atoms with Crippen LogP contribution in [-0.4, -0.2) is 55.4 Å². The number of carbonyl (C=O) groups excluding carboxylic acids is 1. The van der Waals surface area contributed by atoms with E-state index in [1.165, 1.54) is 0 Å². The van der Waals surface area contributed by atoms with Crippen LogP contribution in [0.3, 0.4) is 0 Å². The van der Waals surface area contributed by atoms with Gasteiger partial charge in [-0.2, -0.15) is 0 Å². The van der Waals surface area contributed by atoms with Gasteiger partial charge in [0.25, 0.3) is 0 Å². The fourth-order valence-corrected chi connectivity index (χ4v) is 1.49. The zero-order valence-corrected chi connectivity index (χ0v) is 10.3. The van der Waals surface area contributed by atoms with Gasteiger partial charge in [-0.3, -0.25) is 4.79 Å². The zero-order valence-electron chi connectivity index (χ0n) is 10.3. The fourth-order valence-electron chi connectivity index (χ4n) is 1.49. The lowest BCUT2D eigenvalue weighted by molar-refractivity contribution is -0.132. The van der Waals surface area contributed by atoms with Crippen molar-refractivity contribution < 1.29 is 14.6 Å². The normalized spacial score (nSPS) is 12.5. The van der Waals surface area contributed by atoms with Crippen LogP contribution in [0.15, 0.2) is 0 Å². The van der Waals surface area contributed by atoms with Gasteiger partial charge in [-0.15, -0.1) is 0 Å². The molecule has 16 heavy (non-hydrogen) atoms. The SMILES string of the molecule is CCN(CCCO)C(=O)C(N)CCCOC. The molecular weight excluding hydrogens is 208 g/mol. The lowest BCUT2D eigenvalue weighted by Crippen LogP contribution is -2.44. The van der Waals surface area contributed by atoms with Crippen molar-refractivity contribution in [3.8, 4) is 0 Å². The second kappa shape index (κ2) is 9.57. The van der Waals surface area contributed by atoms with Crippen LogP contribution in [0.2, 0.25) is 0 Å². The highest BCUT2D eigenvalue weighted by molar-refractivity contribution is 5.81. The molecule has 0 aliphatic heterocycles. The molecule has 0 saturated heterocycles. The summed E-state index contributed by atoms with van der Waals surface area (Å²) in [4.78, 5) is 13.5. The van der Waals surface area contributed by atoms with Crippen LogP contribution in [0.4, 0.5) is 0 Å². The van der Waals surface area contributed by atoms with Crippen molar-refractivity contribution in [2.45, 2.75) is 32.2 Å². The minimum Gasteiger partial charge on any atom is -0.396 e. The molecule has 0 fully saturated rings. The van der Waals surface area contributed by atoms with E-state index in [0.29, 0.717) is 32.5 Å². The minimum absolute atomic E-state index is 0.0351. The molecule has 5 heteroatoms. The summed E-state index contributed by atoms with van der Waals surface area (Å²) in [6.45, 7) is 3.85. The van der Waals surface area contributed by atoms with Gasteiger partial charge < -0.3 is 20.5 Å². The van der Waals surface area contributed by atoms with E-state index < -0.39 is 6.04 Å². The van der Waals surface area contributed by atoms with Crippen LogP contribution in [0.1, 0.15) is 26.2 Å². The Labute approximate surface area is 97.6 Å². The van der Waals surface area contributed by atoms with Gasteiger partial charge >= 0.3 is 0 Å². The van der Waals surface area contributed by atoms with Crippen molar-refractivity contribution in [1.82, 2.24) is 4.90 Å². The van der Waals surface area contributed by atoms with Crippen molar-refractivity contribution in [3.63, 3.8) is 0 Å². The van der Waals surface area contributed by atoms with Crippen molar-refractivity contribution in [2.24, 2.45) is 5.73 Å². The quantitative estimate of drug-likeness (QED) is 0.547. The summed E-state index contributed by atoms with van der Waals surface area (Å²) < 4.78 is 4.91. The number of ether oxygens (including phenoxy) is 1. The Morgan fingerprint density at radius 3 is 2.69 bits per heavy atom. The number of hydrogen-bond donors (Lipinski definition) is 2. The largest absolute Gasteiger partial charge is 0.396 e. The van der Waals surface area contributed by atoms with Gasteiger partial charge in [-0.25, -0.2) is 0 Å². The number of likely N-dealkylation sites (N-methyl/N-ethyl adjacent to an activating group) is 1. The zero-order chi connectivity index (χ0) is 12.4. The van der Waals surface area contributed by atoms with E-state index in [2.05, 4.69) is 0 Å². The van der Waals surface area contributed by atoms with Gasteiger partial charge in [-0.05, 0) is 26.2 Å². The first-order valence-electron chi connectivity index (χ1n) is 5.81. The van der Waals surface area contributed by atoms with E-state index in [0.717, 1.165) is 6.42 Å². The predicted octanol–water partition coefficient (Wildman–Crippen LogP) is -0.0288. The predicted molar refractivity (Wildman–Crippen MR) is 63.0 cm³/mol. The summed E-state index contributed by atoms with van der Waals surface area (Å²) in [6.07, 6.45) is 2.04. The van der Waals surface area contributed by atoms with Crippen LogP contribution >= 0.6 is 0 Å². The third-order valence-electron chi connectivity index (χ3n) is 2.46. The first-order valence-corrected chi connectivity index (χ1v) is 5.81. The molecule has 1 amide bonds. The Balaban J connectivity index is 3.95. The molecule has 0 aliphatic carbocycles. The second-order valence-corrected chi connectivity index (χ2v) is 3.74. The van der Waals surface area contributed by atoms with Gasteiger partial charge in [0.05, 0.1) is 6.04 Å². The molecule has 1 unspecified atom stereocenters. The molecule has 96 valence electrons. The van der Waals surface area contributed by atoms with E-state index in [1.807, 2.05) is 6.92 Å². The Bertz CT molecular complexity index is 188. The van der Waals surface area contributed by atoms with Crippen molar-refractivity contribution in [3.05, 3.63) is 0 Å². The minimum atomic E-state index is -0.450. The average molecular weight is 232 g/mol. The molecule has 0 aromatic rings. The summed E-state index contributed by atoms with van der Waals surface area (Å²) in [5.74, 6) is -0.0351. The summed E-state index contributed by atoms with van der Waals surface area (Å²) in [5, 5.41) is 8.72. The van der Waals surface area contributed by atoms with Crippen LogP contribution < -0.4 is 5.73 Å². The molecule has 0 bridgehead atoms. The molecule has 0 aromatic carbocycles. The van der Waals surface area contributed by atoms with Crippen molar-refractivity contribution >= 4 is 5.91 Å². The van der Waals surface area contributed by atoms with E-state index in [4.69, 9.17) is 15.6 Å². The molecule has 0 radical (unpaired) electrons. The number of aliphatic hydroxyl groups excluding tert-OH is 1. The molecule has 0 spiro atoms. The van der Waals surface area contributed by atoms with Gasteiger partial charge in [0, 0.05) is 33.4 Å².